The SMILES string of the molecule is C=Cn1ccc(CNc2nccc(-c3cccc(-c4cc(C5CCN(C)C5=O)on4)n3)n2)cc1=NC. The van der Waals surface area contributed by atoms with Crippen molar-refractivity contribution < 1.29 is 9.32 Å². The second-order valence-corrected chi connectivity index (χ2v) is 8.45. The monoisotopic (exact) mass is 482 g/mol. The molecule has 1 amide bonds. The van der Waals surface area contributed by atoms with E-state index in [-0.39, 0.29) is 11.8 Å². The van der Waals surface area contributed by atoms with Crippen LogP contribution in [0.2, 0.25) is 0 Å². The normalized spacial score (nSPS) is 15.9. The van der Waals surface area contributed by atoms with Gasteiger partial charge in [-0.3, -0.25) is 9.79 Å². The Bertz CT molecular complexity index is 1490. The molecular formula is C26H26N8O2. The minimum atomic E-state index is -0.288. The number of hydrogen-bond acceptors (Lipinski definition) is 8. The lowest BCUT2D eigenvalue weighted by Crippen LogP contribution is -2.21. The van der Waals surface area contributed by atoms with Crippen LogP contribution in [0, 0.1) is 0 Å². The molecule has 1 N–H and O–H groups in total. The number of hydrogen-bond donors (Lipinski definition) is 1. The summed E-state index contributed by atoms with van der Waals surface area (Å²) in [7, 11) is 3.54. The molecule has 1 unspecified atom stereocenters. The van der Waals surface area contributed by atoms with Crippen molar-refractivity contribution in [2.45, 2.75) is 18.9 Å². The average Bonchev–Trinajstić information content (AvgIpc) is 3.54. The molecule has 36 heavy (non-hydrogen) atoms. The molecule has 0 aromatic carbocycles. The van der Waals surface area contributed by atoms with Gasteiger partial charge in [-0.2, -0.15) is 0 Å². The van der Waals surface area contributed by atoms with Gasteiger partial charge < -0.3 is 19.3 Å². The van der Waals surface area contributed by atoms with E-state index < -0.39 is 0 Å². The molecule has 1 aliphatic rings. The number of likely N-dealkylation sites (N-methyl/N-ethyl adjacent to an activating group) is 1. The number of rotatable bonds is 7. The quantitative estimate of drug-likeness (QED) is 0.430. The van der Waals surface area contributed by atoms with Crippen LogP contribution in [-0.2, 0) is 11.3 Å². The van der Waals surface area contributed by atoms with E-state index in [1.165, 1.54) is 0 Å². The Morgan fingerprint density at radius 1 is 1.17 bits per heavy atom. The van der Waals surface area contributed by atoms with Crippen LogP contribution in [0.25, 0.3) is 29.0 Å². The highest BCUT2D eigenvalue weighted by molar-refractivity contribution is 5.85. The van der Waals surface area contributed by atoms with Gasteiger partial charge in [0.05, 0.1) is 17.1 Å². The molecule has 0 spiro atoms. The van der Waals surface area contributed by atoms with Crippen LogP contribution in [0.4, 0.5) is 5.95 Å². The molecule has 1 saturated heterocycles. The van der Waals surface area contributed by atoms with Crippen molar-refractivity contribution in [3.63, 3.8) is 0 Å². The van der Waals surface area contributed by atoms with Crippen LogP contribution in [0.1, 0.15) is 23.7 Å². The third-order valence-electron chi connectivity index (χ3n) is 6.13. The van der Waals surface area contributed by atoms with E-state index >= 15 is 0 Å². The predicted octanol–water partition coefficient (Wildman–Crippen LogP) is 3.18. The number of amides is 1. The first kappa shape index (κ1) is 23.2. The Balaban J connectivity index is 1.33. The summed E-state index contributed by atoms with van der Waals surface area (Å²) < 4.78 is 7.35. The second-order valence-electron chi connectivity index (χ2n) is 8.45. The summed E-state index contributed by atoms with van der Waals surface area (Å²) in [4.78, 5) is 32.0. The summed E-state index contributed by atoms with van der Waals surface area (Å²) in [5.41, 5.74) is 4.42. The third-order valence-corrected chi connectivity index (χ3v) is 6.13. The van der Waals surface area contributed by atoms with E-state index in [0.29, 0.717) is 47.6 Å². The first-order chi connectivity index (χ1) is 17.6. The minimum Gasteiger partial charge on any atom is -0.360 e. The molecule has 0 aliphatic carbocycles. The average molecular weight is 483 g/mol. The topological polar surface area (TPSA) is 114 Å². The summed E-state index contributed by atoms with van der Waals surface area (Å²) in [6.45, 7) is 5.04. The lowest BCUT2D eigenvalue weighted by molar-refractivity contribution is -0.128. The van der Waals surface area contributed by atoms with Crippen LogP contribution < -0.4 is 10.8 Å². The number of carbonyl (C=O) groups is 1. The molecule has 0 radical (unpaired) electrons. The smallest absolute Gasteiger partial charge is 0.233 e. The fourth-order valence-corrected chi connectivity index (χ4v) is 4.13. The molecule has 1 fully saturated rings. The maximum absolute atomic E-state index is 12.3. The highest BCUT2D eigenvalue weighted by Crippen LogP contribution is 2.30. The van der Waals surface area contributed by atoms with Crippen molar-refractivity contribution in [3.05, 3.63) is 78.2 Å². The van der Waals surface area contributed by atoms with Crippen molar-refractivity contribution in [2.75, 3.05) is 26.0 Å². The van der Waals surface area contributed by atoms with E-state index in [1.807, 2.05) is 47.2 Å². The van der Waals surface area contributed by atoms with Gasteiger partial charge in [0, 0.05) is 51.8 Å². The molecule has 5 heterocycles. The van der Waals surface area contributed by atoms with E-state index in [9.17, 15) is 4.79 Å². The van der Waals surface area contributed by atoms with Crippen molar-refractivity contribution in [3.8, 4) is 22.8 Å². The zero-order chi connectivity index (χ0) is 25.1. The Morgan fingerprint density at radius 3 is 2.72 bits per heavy atom. The number of aromatic nitrogens is 5. The van der Waals surface area contributed by atoms with Gasteiger partial charge in [-0.25, -0.2) is 15.0 Å². The highest BCUT2D eigenvalue weighted by Gasteiger charge is 2.33. The summed E-state index contributed by atoms with van der Waals surface area (Å²) in [6, 6.07) is 13.2. The fraction of sp³-hybridized carbons (Fsp3) is 0.231. The Morgan fingerprint density at radius 2 is 1.97 bits per heavy atom. The molecule has 10 nitrogen and oxygen atoms in total. The van der Waals surface area contributed by atoms with E-state index in [1.54, 1.807) is 37.5 Å². The summed E-state index contributed by atoms with van der Waals surface area (Å²) in [5.74, 6) is 0.820. The molecule has 0 bridgehead atoms. The largest absolute Gasteiger partial charge is 0.360 e. The van der Waals surface area contributed by atoms with Crippen LogP contribution in [0.15, 0.2) is 71.0 Å². The third kappa shape index (κ3) is 4.65. The summed E-state index contributed by atoms with van der Waals surface area (Å²) >= 11 is 0. The van der Waals surface area contributed by atoms with Gasteiger partial charge in [-0.15, -0.1) is 0 Å². The Labute approximate surface area is 208 Å². The number of nitrogens with zero attached hydrogens (tertiary/aromatic N) is 7. The molecule has 4 aromatic heterocycles. The molecular weight excluding hydrogens is 456 g/mol. The van der Waals surface area contributed by atoms with Crippen molar-refractivity contribution in [1.82, 2.24) is 29.6 Å². The zero-order valence-corrected chi connectivity index (χ0v) is 20.1. The van der Waals surface area contributed by atoms with Gasteiger partial charge in [-0.1, -0.05) is 17.8 Å². The maximum Gasteiger partial charge on any atom is 0.233 e. The highest BCUT2D eigenvalue weighted by atomic mass is 16.5. The molecule has 0 saturated carbocycles. The van der Waals surface area contributed by atoms with Gasteiger partial charge in [0.1, 0.15) is 22.9 Å². The predicted molar refractivity (Wildman–Crippen MR) is 135 cm³/mol. The second kappa shape index (κ2) is 9.95. The lowest BCUT2D eigenvalue weighted by Gasteiger charge is -2.08. The Hall–Kier alpha value is -4.60. The van der Waals surface area contributed by atoms with Gasteiger partial charge in [0.15, 0.2) is 0 Å². The molecule has 4 aromatic rings. The van der Waals surface area contributed by atoms with Gasteiger partial charge in [-0.05, 0) is 42.3 Å². The van der Waals surface area contributed by atoms with Gasteiger partial charge >= 0.3 is 0 Å². The van der Waals surface area contributed by atoms with E-state index in [2.05, 4.69) is 32.0 Å². The first-order valence-electron chi connectivity index (χ1n) is 11.6. The number of anilines is 1. The molecule has 5 rings (SSSR count). The summed E-state index contributed by atoms with van der Waals surface area (Å²) in [5, 5.41) is 7.42. The van der Waals surface area contributed by atoms with Gasteiger partial charge in [0.25, 0.3) is 0 Å². The molecule has 182 valence electrons. The number of carbonyl (C=O) groups excluding carboxylic acids is 1. The molecule has 10 heteroatoms. The van der Waals surface area contributed by atoms with Crippen molar-refractivity contribution >= 4 is 18.1 Å². The van der Waals surface area contributed by atoms with E-state index in [0.717, 1.165) is 17.5 Å². The fourth-order valence-electron chi connectivity index (χ4n) is 4.13. The molecule has 1 aliphatic heterocycles. The number of likely N-dealkylation sites (tertiary alicyclic amines) is 1. The zero-order valence-electron chi connectivity index (χ0n) is 20.1. The number of pyridine rings is 2. The summed E-state index contributed by atoms with van der Waals surface area (Å²) in [6.07, 6.45) is 6.04. The van der Waals surface area contributed by atoms with Crippen LogP contribution >= 0.6 is 0 Å². The van der Waals surface area contributed by atoms with Crippen LogP contribution in [-0.4, -0.2) is 56.1 Å². The van der Waals surface area contributed by atoms with Gasteiger partial charge in [0.2, 0.25) is 11.9 Å². The van der Waals surface area contributed by atoms with Crippen LogP contribution in [0.5, 0.6) is 0 Å². The minimum absolute atomic E-state index is 0.0520. The maximum atomic E-state index is 12.3. The van der Waals surface area contributed by atoms with Crippen molar-refractivity contribution in [1.29, 1.82) is 0 Å². The van der Waals surface area contributed by atoms with Crippen molar-refractivity contribution in [2.24, 2.45) is 4.99 Å². The molecule has 1 atom stereocenters. The standard InChI is InChI=1S/C26H26N8O2/c1-4-34-13-9-17(14-24(34)27-2)16-29-26-28-11-8-21(31-26)19-6-5-7-20(30-19)22-15-23(36-32-22)18-10-12-33(3)25(18)35/h4-9,11,13-15,18H,1,10,12,16H2,2-3H3,(H,28,29,31). The Kier molecular flexibility index (Phi) is 6.40. The van der Waals surface area contributed by atoms with E-state index in [4.69, 9.17) is 9.51 Å². The van der Waals surface area contributed by atoms with Crippen LogP contribution in [0.3, 0.4) is 0 Å². The number of nitrogens with one attached hydrogen (secondary N) is 1. The first-order valence-corrected chi connectivity index (χ1v) is 11.6. The lowest BCUT2D eigenvalue weighted by atomic mass is 10.0.